The summed E-state index contributed by atoms with van der Waals surface area (Å²) in [5.41, 5.74) is 8.95. The van der Waals surface area contributed by atoms with Crippen LogP contribution in [0, 0.1) is 0 Å². The van der Waals surface area contributed by atoms with E-state index in [0.29, 0.717) is 11.7 Å². The Morgan fingerprint density at radius 2 is 2.12 bits per heavy atom. The van der Waals surface area contributed by atoms with Crippen LogP contribution in [-0.2, 0) is 0 Å². The Bertz CT molecular complexity index is 1230. The lowest BCUT2D eigenvalue weighted by atomic mass is 10.1. The van der Waals surface area contributed by atoms with Gasteiger partial charge in [0.05, 0.1) is 34.5 Å². The number of aliphatic imine (C=N–C) groups is 1. The first-order valence-electron chi connectivity index (χ1n) is 11.6. The van der Waals surface area contributed by atoms with Crippen molar-refractivity contribution in [3.63, 3.8) is 0 Å². The Morgan fingerprint density at radius 1 is 1.22 bits per heavy atom. The summed E-state index contributed by atoms with van der Waals surface area (Å²) in [6, 6.07) is 6.22. The molecule has 2 aromatic rings. The van der Waals surface area contributed by atoms with Crippen LogP contribution in [0.25, 0.3) is 5.65 Å². The van der Waals surface area contributed by atoms with Crippen LogP contribution in [0.1, 0.15) is 44.8 Å². The predicted molar refractivity (Wildman–Crippen MR) is 126 cm³/mol. The number of hydrazine groups is 1. The Hall–Kier alpha value is -2.97. The van der Waals surface area contributed by atoms with E-state index in [-0.39, 0.29) is 11.6 Å². The standard InChI is InChI=1S/C24H29N7O/c1-3-19-22-11-21(27-31(22)13-16(2)25-19)20-12-24(32)30-15-18(6-7-23(30)26-20)29-10-9-28-8-4-5-17(28)14-29/h6-7,11-13,15,17,21,27H,3-5,8-10,14H2,1-2H3/t17-,21?/m1/s1. The lowest BCUT2D eigenvalue weighted by molar-refractivity contribution is 0.231. The molecule has 0 aromatic carbocycles. The van der Waals surface area contributed by atoms with E-state index < -0.39 is 0 Å². The molecule has 32 heavy (non-hydrogen) atoms. The Balaban J connectivity index is 1.30. The largest absolute Gasteiger partial charge is 0.367 e. The molecule has 1 N–H and O–H groups in total. The van der Waals surface area contributed by atoms with Gasteiger partial charge in [0.25, 0.3) is 5.56 Å². The Labute approximate surface area is 187 Å². The summed E-state index contributed by atoms with van der Waals surface area (Å²) in [7, 11) is 0. The highest BCUT2D eigenvalue weighted by Crippen LogP contribution is 2.29. The van der Waals surface area contributed by atoms with Gasteiger partial charge in [0.2, 0.25) is 0 Å². The van der Waals surface area contributed by atoms with Crippen LogP contribution in [-0.4, -0.2) is 57.2 Å². The van der Waals surface area contributed by atoms with Gasteiger partial charge in [-0.15, -0.1) is 0 Å². The van der Waals surface area contributed by atoms with Gasteiger partial charge >= 0.3 is 0 Å². The lowest BCUT2D eigenvalue weighted by Gasteiger charge is -2.38. The van der Waals surface area contributed by atoms with E-state index in [1.54, 1.807) is 10.5 Å². The smallest absolute Gasteiger partial charge is 0.258 e. The first-order valence-corrected chi connectivity index (χ1v) is 11.6. The lowest BCUT2D eigenvalue weighted by Crippen LogP contribution is -2.50. The van der Waals surface area contributed by atoms with Gasteiger partial charge in [0.15, 0.2) is 0 Å². The molecule has 0 saturated carbocycles. The first kappa shape index (κ1) is 19.7. The number of nitrogens with one attached hydrogen (secondary N) is 1. The molecule has 6 heterocycles. The third-order valence-electron chi connectivity index (χ3n) is 7.05. The molecule has 2 atom stereocenters. The molecule has 6 rings (SSSR count). The zero-order valence-electron chi connectivity index (χ0n) is 18.7. The van der Waals surface area contributed by atoms with Gasteiger partial charge in [-0.2, -0.15) is 0 Å². The van der Waals surface area contributed by atoms with Crippen molar-refractivity contribution >= 4 is 17.0 Å². The van der Waals surface area contributed by atoms with E-state index in [1.165, 1.54) is 19.4 Å². The fourth-order valence-corrected chi connectivity index (χ4v) is 5.42. The SMILES string of the molecule is CCC1=NC(C)=CN2NC(c3cc(=O)n4cc(N5CCN6CCC[C@@H]6C5)ccc4n3)C=C12. The molecule has 0 bridgehead atoms. The van der Waals surface area contributed by atoms with E-state index in [9.17, 15) is 4.79 Å². The van der Waals surface area contributed by atoms with Crippen LogP contribution in [0.3, 0.4) is 0 Å². The van der Waals surface area contributed by atoms with Gasteiger partial charge in [-0.05, 0) is 50.9 Å². The van der Waals surface area contributed by atoms with Gasteiger partial charge < -0.3 is 4.90 Å². The van der Waals surface area contributed by atoms with Crippen LogP contribution in [0.2, 0.25) is 0 Å². The molecule has 166 valence electrons. The average Bonchev–Trinajstić information content (AvgIpc) is 3.44. The second-order valence-corrected chi connectivity index (χ2v) is 9.12. The number of fused-ring (bicyclic) bond motifs is 3. The summed E-state index contributed by atoms with van der Waals surface area (Å²) in [6.07, 6.45) is 9.47. The predicted octanol–water partition coefficient (Wildman–Crippen LogP) is 2.45. The molecule has 4 aliphatic rings. The van der Waals surface area contributed by atoms with Crippen molar-refractivity contribution in [2.75, 3.05) is 31.1 Å². The monoisotopic (exact) mass is 431 g/mol. The summed E-state index contributed by atoms with van der Waals surface area (Å²) in [5, 5.41) is 2.00. The van der Waals surface area contributed by atoms with E-state index in [1.807, 2.05) is 30.4 Å². The summed E-state index contributed by atoms with van der Waals surface area (Å²) in [5.74, 6) is 0. The topological polar surface area (TPSA) is 68.5 Å². The maximum Gasteiger partial charge on any atom is 0.258 e. The number of hydrogen-bond donors (Lipinski definition) is 1. The van der Waals surface area contributed by atoms with Crippen LogP contribution < -0.4 is 15.9 Å². The molecule has 0 aliphatic carbocycles. The van der Waals surface area contributed by atoms with Crippen LogP contribution in [0.5, 0.6) is 0 Å². The normalized spacial score (nSPS) is 25.5. The molecule has 8 heteroatoms. The fraction of sp³-hybridized carbons (Fsp3) is 0.458. The number of hydrogen-bond acceptors (Lipinski definition) is 7. The maximum atomic E-state index is 13.1. The highest BCUT2D eigenvalue weighted by atomic mass is 16.1. The second kappa shape index (κ2) is 7.56. The zero-order chi connectivity index (χ0) is 21.8. The fourth-order valence-electron chi connectivity index (χ4n) is 5.42. The van der Waals surface area contributed by atoms with Crippen molar-refractivity contribution in [1.82, 2.24) is 24.7 Å². The Morgan fingerprint density at radius 3 is 3.00 bits per heavy atom. The second-order valence-electron chi connectivity index (χ2n) is 9.12. The summed E-state index contributed by atoms with van der Waals surface area (Å²) in [6.45, 7) is 8.47. The molecule has 0 amide bonds. The average molecular weight is 432 g/mol. The molecule has 2 aromatic heterocycles. The number of anilines is 1. The number of piperazine rings is 1. The number of nitrogens with zero attached hydrogens (tertiary/aromatic N) is 6. The minimum absolute atomic E-state index is 0.0486. The molecular weight excluding hydrogens is 402 g/mol. The number of rotatable bonds is 3. The molecule has 0 radical (unpaired) electrons. The molecule has 8 nitrogen and oxygen atoms in total. The van der Waals surface area contributed by atoms with Crippen molar-refractivity contribution in [3.05, 3.63) is 64.1 Å². The number of aromatic nitrogens is 2. The highest BCUT2D eigenvalue weighted by molar-refractivity contribution is 6.01. The van der Waals surface area contributed by atoms with Crippen molar-refractivity contribution in [2.45, 2.75) is 45.2 Å². The van der Waals surface area contributed by atoms with Gasteiger partial charge in [-0.3, -0.25) is 24.1 Å². The summed E-state index contributed by atoms with van der Waals surface area (Å²) >= 11 is 0. The molecule has 1 unspecified atom stereocenters. The van der Waals surface area contributed by atoms with Crippen molar-refractivity contribution in [2.24, 2.45) is 4.99 Å². The Kier molecular flexibility index (Phi) is 4.66. The molecule has 0 spiro atoms. The third kappa shape index (κ3) is 3.25. The molecular formula is C24H29N7O. The quantitative estimate of drug-likeness (QED) is 0.805. The van der Waals surface area contributed by atoms with E-state index >= 15 is 0 Å². The van der Waals surface area contributed by atoms with Gasteiger partial charge in [0.1, 0.15) is 5.65 Å². The van der Waals surface area contributed by atoms with Crippen molar-refractivity contribution in [3.8, 4) is 0 Å². The zero-order valence-corrected chi connectivity index (χ0v) is 18.7. The van der Waals surface area contributed by atoms with Crippen molar-refractivity contribution < 1.29 is 0 Å². The van der Waals surface area contributed by atoms with E-state index in [4.69, 9.17) is 4.98 Å². The minimum Gasteiger partial charge on any atom is -0.367 e. The minimum atomic E-state index is -0.156. The number of pyridine rings is 1. The van der Waals surface area contributed by atoms with Gasteiger partial charge in [0, 0.05) is 44.1 Å². The molecule has 4 aliphatic heterocycles. The van der Waals surface area contributed by atoms with Crippen LogP contribution in [0.4, 0.5) is 5.69 Å². The van der Waals surface area contributed by atoms with E-state index in [0.717, 1.165) is 54.5 Å². The van der Waals surface area contributed by atoms with Gasteiger partial charge in [-0.25, -0.2) is 10.4 Å². The molecule has 2 fully saturated rings. The van der Waals surface area contributed by atoms with Gasteiger partial charge in [-0.1, -0.05) is 6.92 Å². The van der Waals surface area contributed by atoms with E-state index in [2.05, 4.69) is 39.3 Å². The summed E-state index contributed by atoms with van der Waals surface area (Å²) in [4.78, 5) is 27.5. The van der Waals surface area contributed by atoms with Crippen LogP contribution >= 0.6 is 0 Å². The number of allylic oxidation sites excluding steroid dienone is 2. The van der Waals surface area contributed by atoms with Crippen LogP contribution in [0.15, 0.2) is 57.9 Å². The highest BCUT2D eigenvalue weighted by Gasteiger charge is 2.31. The maximum absolute atomic E-state index is 13.1. The van der Waals surface area contributed by atoms with Crippen molar-refractivity contribution in [1.29, 1.82) is 0 Å². The molecule has 2 saturated heterocycles. The summed E-state index contributed by atoms with van der Waals surface area (Å²) < 4.78 is 1.68. The first-order chi connectivity index (χ1) is 15.6. The third-order valence-corrected chi connectivity index (χ3v) is 7.05.